The van der Waals surface area contributed by atoms with Crippen LogP contribution in [0, 0.1) is 6.92 Å². The zero-order chi connectivity index (χ0) is 13.2. The average Bonchev–Trinajstić information content (AvgIpc) is 2.82. The second-order valence-electron chi connectivity index (χ2n) is 4.21. The first-order valence-corrected chi connectivity index (χ1v) is 6.20. The molecule has 0 fully saturated rings. The topological polar surface area (TPSA) is 54.5 Å². The minimum absolute atomic E-state index is 0.709. The van der Waals surface area contributed by atoms with Crippen LogP contribution in [-0.2, 0) is 0 Å². The Bertz CT molecular complexity index is 689. The lowest BCUT2D eigenvalue weighted by Crippen LogP contribution is -1.86. The van der Waals surface area contributed by atoms with Crippen molar-refractivity contribution in [3.8, 4) is 22.4 Å². The highest BCUT2D eigenvalue weighted by Crippen LogP contribution is 2.32. The van der Waals surface area contributed by atoms with E-state index >= 15 is 0 Å². The Morgan fingerprint density at radius 1 is 1.00 bits per heavy atom. The molecule has 3 aromatic rings. The van der Waals surface area contributed by atoms with Crippen molar-refractivity contribution in [2.75, 3.05) is 0 Å². The Hall–Kier alpha value is -2.20. The first-order valence-electron chi connectivity index (χ1n) is 5.82. The van der Waals surface area contributed by atoms with Crippen molar-refractivity contribution in [3.05, 3.63) is 53.7 Å². The van der Waals surface area contributed by atoms with Gasteiger partial charge in [-0.25, -0.2) is 9.97 Å². The van der Waals surface area contributed by atoms with E-state index in [9.17, 15) is 0 Å². The number of benzene rings is 1. The fourth-order valence-corrected chi connectivity index (χ4v) is 2.15. The molecule has 0 unspecified atom stereocenters. The van der Waals surface area contributed by atoms with Gasteiger partial charge in [-0.1, -0.05) is 23.7 Å². The molecule has 0 aliphatic carbocycles. The van der Waals surface area contributed by atoms with E-state index < -0.39 is 0 Å². The van der Waals surface area contributed by atoms with Crippen LogP contribution in [0.3, 0.4) is 0 Å². The molecule has 94 valence electrons. The van der Waals surface area contributed by atoms with Gasteiger partial charge in [-0.2, -0.15) is 5.10 Å². The number of halogens is 1. The van der Waals surface area contributed by atoms with Crippen molar-refractivity contribution >= 4 is 11.6 Å². The molecule has 0 radical (unpaired) electrons. The summed E-state index contributed by atoms with van der Waals surface area (Å²) >= 11 is 5.91. The van der Waals surface area contributed by atoms with Crippen LogP contribution in [0.4, 0.5) is 0 Å². The second-order valence-corrected chi connectivity index (χ2v) is 4.64. The molecular weight excluding hydrogens is 260 g/mol. The highest BCUT2D eigenvalue weighted by molar-refractivity contribution is 6.30. The van der Waals surface area contributed by atoms with Gasteiger partial charge in [0.15, 0.2) is 0 Å². The summed E-state index contributed by atoms with van der Waals surface area (Å²) in [6.45, 7) is 1.98. The minimum Gasteiger partial charge on any atom is -0.282 e. The molecule has 2 heterocycles. The van der Waals surface area contributed by atoms with E-state index in [0.29, 0.717) is 5.02 Å². The number of rotatable bonds is 2. The lowest BCUT2D eigenvalue weighted by atomic mass is 10.0. The van der Waals surface area contributed by atoms with E-state index in [1.807, 2.05) is 31.2 Å². The number of aryl methyl sites for hydroxylation is 1. The molecule has 1 aromatic carbocycles. The van der Waals surface area contributed by atoms with Gasteiger partial charge >= 0.3 is 0 Å². The van der Waals surface area contributed by atoms with Crippen LogP contribution in [0.2, 0.25) is 5.02 Å². The number of hydrogen-bond donors (Lipinski definition) is 1. The number of nitrogens with zero attached hydrogens (tertiary/aromatic N) is 3. The first-order chi connectivity index (χ1) is 9.25. The van der Waals surface area contributed by atoms with Crippen molar-refractivity contribution < 1.29 is 0 Å². The third-order valence-corrected chi connectivity index (χ3v) is 3.17. The van der Waals surface area contributed by atoms with Gasteiger partial charge < -0.3 is 0 Å². The highest BCUT2D eigenvalue weighted by Gasteiger charge is 2.14. The molecule has 0 amide bonds. The molecule has 2 aromatic heterocycles. The van der Waals surface area contributed by atoms with Gasteiger partial charge in [0.05, 0.1) is 0 Å². The van der Waals surface area contributed by atoms with Gasteiger partial charge in [-0.3, -0.25) is 5.10 Å². The second kappa shape index (κ2) is 4.82. The fourth-order valence-electron chi connectivity index (χ4n) is 2.03. The summed E-state index contributed by atoms with van der Waals surface area (Å²) in [6.07, 6.45) is 5.08. The number of H-pyrrole nitrogens is 1. The molecule has 3 rings (SSSR count). The molecule has 0 saturated carbocycles. The van der Waals surface area contributed by atoms with Gasteiger partial charge in [-0.15, -0.1) is 0 Å². The summed E-state index contributed by atoms with van der Waals surface area (Å²) in [5.41, 5.74) is 4.83. The Kier molecular flexibility index (Phi) is 3.01. The maximum Gasteiger partial charge on any atom is 0.115 e. The largest absolute Gasteiger partial charge is 0.282 e. The Labute approximate surface area is 115 Å². The predicted octanol–water partition coefficient (Wildman–Crippen LogP) is 3.50. The summed E-state index contributed by atoms with van der Waals surface area (Å²) in [7, 11) is 0. The molecule has 0 bridgehead atoms. The Balaban J connectivity index is 2.16. The van der Waals surface area contributed by atoms with Crippen LogP contribution in [-0.4, -0.2) is 20.2 Å². The highest BCUT2D eigenvalue weighted by atomic mass is 35.5. The van der Waals surface area contributed by atoms with Crippen molar-refractivity contribution in [1.82, 2.24) is 20.2 Å². The lowest BCUT2D eigenvalue weighted by Gasteiger charge is -2.03. The average molecular weight is 271 g/mol. The molecule has 0 spiro atoms. The Morgan fingerprint density at radius 2 is 1.68 bits per heavy atom. The SMILES string of the molecule is Cc1[nH]nc(-c2ccc(Cl)cc2)c1-c1cncnc1. The fraction of sp³-hybridized carbons (Fsp3) is 0.0714. The molecule has 5 heteroatoms. The van der Waals surface area contributed by atoms with E-state index in [1.54, 1.807) is 12.4 Å². The monoisotopic (exact) mass is 270 g/mol. The molecular formula is C14H11ClN4. The summed E-state index contributed by atoms with van der Waals surface area (Å²) in [6, 6.07) is 7.61. The van der Waals surface area contributed by atoms with E-state index in [1.165, 1.54) is 6.33 Å². The van der Waals surface area contributed by atoms with Crippen LogP contribution >= 0.6 is 11.6 Å². The quantitative estimate of drug-likeness (QED) is 0.775. The van der Waals surface area contributed by atoms with Gasteiger partial charge in [0, 0.05) is 39.8 Å². The first kappa shape index (κ1) is 11.9. The predicted molar refractivity (Wildman–Crippen MR) is 74.8 cm³/mol. The number of aromatic nitrogens is 4. The van der Waals surface area contributed by atoms with Crippen molar-refractivity contribution in [3.63, 3.8) is 0 Å². The maximum atomic E-state index is 5.91. The zero-order valence-corrected chi connectivity index (χ0v) is 11.0. The molecule has 0 aliphatic rings. The smallest absolute Gasteiger partial charge is 0.115 e. The van der Waals surface area contributed by atoms with Gasteiger partial charge in [0.25, 0.3) is 0 Å². The normalized spacial score (nSPS) is 10.6. The van der Waals surface area contributed by atoms with Gasteiger partial charge in [-0.05, 0) is 19.1 Å². The van der Waals surface area contributed by atoms with Crippen LogP contribution in [0.15, 0.2) is 43.0 Å². The van der Waals surface area contributed by atoms with Crippen LogP contribution < -0.4 is 0 Å². The van der Waals surface area contributed by atoms with Crippen LogP contribution in [0.1, 0.15) is 5.69 Å². The number of nitrogens with one attached hydrogen (secondary N) is 1. The van der Waals surface area contributed by atoms with E-state index in [4.69, 9.17) is 11.6 Å². The summed E-state index contributed by atoms with van der Waals surface area (Å²) in [5, 5.41) is 8.09. The van der Waals surface area contributed by atoms with Crippen LogP contribution in [0.5, 0.6) is 0 Å². The molecule has 4 nitrogen and oxygen atoms in total. The number of aromatic amines is 1. The van der Waals surface area contributed by atoms with E-state index in [0.717, 1.165) is 28.1 Å². The third kappa shape index (κ3) is 2.22. The molecule has 1 N–H and O–H groups in total. The van der Waals surface area contributed by atoms with Crippen LogP contribution in [0.25, 0.3) is 22.4 Å². The van der Waals surface area contributed by atoms with E-state index in [-0.39, 0.29) is 0 Å². The van der Waals surface area contributed by atoms with Gasteiger partial charge in [0.2, 0.25) is 0 Å². The van der Waals surface area contributed by atoms with E-state index in [2.05, 4.69) is 20.2 Å². The Morgan fingerprint density at radius 3 is 2.37 bits per heavy atom. The van der Waals surface area contributed by atoms with Crippen molar-refractivity contribution in [1.29, 1.82) is 0 Å². The van der Waals surface area contributed by atoms with Crippen molar-refractivity contribution in [2.24, 2.45) is 0 Å². The standard InChI is InChI=1S/C14H11ClN4/c1-9-13(11-6-16-8-17-7-11)14(19-18-9)10-2-4-12(15)5-3-10/h2-8H,1H3,(H,18,19). The third-order valence-electron chi connectivity index (χ3n) is 2.91. The number of hydrogen-bond acceptors (Lipinski definition) is 3. The van der Waals surface area contributed by atoms with Gasteiger partial charge in [0.1, 0.15) is 12.0 Å². The minimum atomic E-state index is 0.709. The zero-order valence-electron chi connectivity index (χ0n) is 10.3. The summed E-state index contributed by atoms with van der Waals surface area (Å²) < 4.78 is 0. The lowest BCUT2D eigenvalue weighted by molar-refractivity contribution is 1.05. The molecule has 19 heavy (non-hydrogen) atoms. The molecule has 0 saturated heterocycles. The molecule has 0 atom stereocenters. The summed E-state index contributed by atoms with van der Waals surface area (Å²) in [5.74, 6) is 0. The van der Waals surface area contributed by atoms with Crippen molar-refractivity contribution in [2.45, 2.75) is 6.92 Å². The molecule has 0 aliphatic heterocycles. The maximum absolute atomic E-state index is 5.91. The summed E-state index contributed by atoms with van der Waals surface area (Å²) in [4.78, 5) is 8.11.